The minimum atomic E-state index is -1.09. The highest BCUT2D eigenvalue weighted by Crippen LogP contribution is 2.33. The number of methoxy groups -OCH3 is 2. The number of rotatable bonds is 9. The van der Waals surface area contributed by atoms with Crippen LogP contribution < -0.4 is 9.47 Å². The zero-order valence-electron chi connectivity index (χ0n) is 16.0. The zero-order valence-corrected chi connectivity index (χ0v) is 16.7. The van der Waals surface area contributed by atoms with Crippen LogP contribution in [0, 0.1) is 0 Å². The van der Waals surface area contributed by atoms with Crippen LogP contribution in [-0.2, 0) is 16.0 Å². The minimum Gasteiger partial charge on any atom is -0.493 e. The van der Waals surface area contributed by atoms with E-state index in [2.05, 4.69) is 16.3 Å². The molecule has 0 aromatic heterocycles. The summed E-state index contributed by atoms with van der Waals surface area (Å²) in [4.78, 5) is 26.8. The van der Waals surface area contributed by atoms with Crippen molar-refractivity contribution in [1.82, 2.24) is 0 Å². The molecule has 0 aliphatic heterocycles. The molecule has 7 nitrogen and oxygen atoms in total. The van der Waals surface area contributed by atoms with E-state index in [9.17, 15) is 9.59 Å². The second kappa shape index (κ2) is 10.3. The summed E-state index contributed by atoms with van der Waals surface area (Å²) in [5.41, 5.74) is 2.21. The number of allylic oxidation sites excluding steroid dienone is 1. The first-order chi connectivity index (χ1) is 13.9. The lowest BCUT2D eigenvalue weighted by molar-refractivity contribution is -0.139. The molecule has 0 saturated heterocycles. The molecule has 0 atom stereocenters. The van der Waals surface area contributed by atoms with Crippen molar-refractivity contribution >= 4 is 35.4 Å². The second-order valence-electron chi connectivity index (χ2n) is 5.80. The molecule has 0 heterocycles. The average Bonchev–Trinajstić information content (AvgIpc) is 2.70. The Bertz CT molecular complexity index is 954. The van der Waals surface area contributed by atoms with Gasteiger partial charge in [0.15, 0.2) is 18.1 Å². The van der Waals surface area contributed by atoms with Gasteiger partial charge in [0.1, 0.15) is 0 Å². The van der Waals surface area contributed by atoms with Gasteiger partial charge in [0, 0.05) is 11.8 Å². The molecule has 0 spiro atoms. The van der Waals surface area contributed by atoms with Crippen molar-refractivity contribution in [3.8, 4) is 11.5 Å². The average molecular weight is 418 g/mol. The number of hydrogen-bond donors (Lipinski definition) is 1. The van der Waals surface area contributed by atoms with Gasteiger partial charge in [0.25, 0.3) is 0 Å². The highest BCUT2D eigenvalue weighted by molar-refractivity contribution is 6.33. The summed E-state index contributed by atoms with van der Waals surface area (Å²) >= 11 is 6.11. The maximum Gasteiger partial charge on any atom is 0.341 e. The Morgan fingerprint density at radius 1 is 1.24 bits per heavy atom. The Morgan fingerprint density at radius 3 is 2.59 bits per heavy atom. The van der Waals surface area contributed by atoms with Gasteiger partial charge in [0.2, 0.25) is 0 Å². The first kappa shape index (κ1) is 22.0. The largest absolute Gasteiger partial charge is 0.493 e. The molecule has 0 radical (unpaired) electrons. The Balaban J connectivity index is 2.35. The first-order valence-electron chi connectivity index (χ1n) is 8.48. The van der Waals surface area contributed by atoms with Crippen LogP contribution in [0.25, 0.3) is 0 Å². The maximum atomic E-state index is 11.6. The van der Waals surface area contributed by atoms with Crippen molar-refractivity contribution in [3.63, 3.8) is 0 Å². The quantitative estimate of drug-likeness (QED) is 0.375. The van der Waals surface area contributed by atoms with Crippen LogP contribution in [0.5, 0.6) is 11.5 Å². The van der Waals surface area contributed by atoms with Crippen molar-refractivity contribution in [3.05, 3.63) is 64.7 Å². The first-order valence-corrected chi connectivity index (χ1v) is 8.85. The fourth-order valence-electron chi connectivity index (χ4n) is 2.52. The number of nitrogens with zero attached hydrogens (tertiary/aromatic N) is 1. The van der Waals surface area contributed by atoms with Gasteiger partial charge in [-0.3, -0.25) is 4.99 Å². The van der Waals surface area contributed by atoms with Crippen LogP contribution in [-0.4, -0.2) is 44.1 Å². The number of esters is 1. The standard InChI is InChI=1S/C21H20ClNO6/c1-4-5-14-8-13(9-18(27-2)20(14)29-12-19(24)25)11-23-15-6-7-16(17(22)10-15)21(26)28-3/h4,6-11H,1,5,12H2,2-3H3,(H,24,25). The zero-order chi connectivity index (χ0) is 21.4. The summed E-state index contributed by atoms with van der Waals surface area (Å²) in [6.07, 6.45) is 3.72. The van der Waals surface area contributed by atoms with Crippen LogP contribution in [0.1, 0.15) is 21.5 Å². The summed E-state index contributed by atoms with van der Waals surface area (Å²) in [7, 11) is 2.75. The molecule has 0 bridgehead atoms. The number of aliphatic imine (C=N–C) groups is 1. The van der Waals surface area contributed by atoms with Gasteiger partial charge in [-0.05, 0) is 42.3 Å². The molecule has 0 saturated carbocycles. The molecule has 29 heavy (non-hydrogen) atoms. The summed E-state index contributed by atoms with van der Waals surface area (Å²) in [6.45, 7) is 3.22. The van der Waals surface area contributed by atoms with Crippen LogP contribution in [0.4, 0.5) is 5.69 Å². The van der Waals surface area contributed by atoms with E-state index in [0.29, 0.717) is 34.7 Å². The molecule has 8 heteroatoms. The lowest BCUT2D eigenvalue weighted by Crippen LogP contribution is -2.11. The summed E-state index contributed by atoms with van der Waals surface area (Å²) < 4.78 is 15.4. The molecule has 0 aliphatic carbocycles. The highest BCUT2D eigenvalue weighted by atomic mass is 35.5. The lowest BCUT2D eigenvalue weighted by Gasteiger charge is -2.14. The molecule has 2 rings (SSSR count). The Labute approximate surface area is 173 Å². The third-order valence-electron chi connectivity index (χ3n) is 3.80. The van der Waals surface area contributed by atoms with Crippen molar-refractivity contribution in [2.45, 2.75) is 6.42 Å². The second-order valence-corrected chi connectivity index (χ2v) is 6.21. The van der Waals surface area contributed by atoms with Crippen molar-refractivity contribution in [1.29, 1.82) is 0 Å². The van der Waals surface area contributed by atoms with E-state index in [1.165, 1.54) is 20.3 Å². The number of halogens is 1. The Morgan fingerprint density at radius 2 is 2.00 bits per heavy atom. The van der Waals surface area contributed by atoms with Gasteiger partial charge >= 0.3 is 11.9 Å². The molecule has 2 aromatic rings. The normalized spacial score (nSPS) is 10.6. The molecule has 0 amide bonds. The molecular weight excluding hydrogens is 398 g/mol. The summed E-state index contributed by atoms with van der Waals surface area (Å²) in [5.74, 6) is -0.889. The third kappa shape index (κ3) is 5.83. The van der Waals surface area contributed by atoms with E-state index in [1.807, 2.05) is 0 Å². The van der Waals surface area contributed by atoms with Gasteiger partial charge in [-0.25, -0.2) is 9.59 Å². The molecule has 2 aromatic carbocycles. The van der Waals surface area contributed by atoms with Crippen LogP contribution in [0.2, 0.25) is 5.02 Å². The predicted octanol–water partition coefficient (Wildman–Crippen LogP) is 4.08. The number of aliphatic carboxylic acids is 1. The molecule has 1 N–H and O–H groups in total. The van der Waals surface area contributed by atoms with Crippen molar-refractivity contribution in [2.75, 3.05) is 20.8 Å². The smallest absolute Gasteiger partial charge is 0.341 e. The molecule has 0 fully saturated rings. The number of benzene rings is 2. The number of ether oxygens (including phenoxy) is 3. The Kier molecular flexibility index (Phi) is 7.79. The number of carboxylic acid groups (broad SMARTS) is 1. The third-order valence-corrected chi connectivity index (χ3v) is 4.11. The van der Waals surface area contributed by atoms with Gasteiger partial charge in [0.05, 0.1) is 30.5 Å². The van der Waals surface area contributed by atoms with E-state index in [1.54, 1.807) is 36.6 Å². The van der Waals surface area contributed by atoms with Gasteiger partial charge < -0.3 is 19.3 Å². The van der Waals surface area contributed by atoms with Crippen molar-refractivity contribution < 1.29 is 28.9 Å². The topological polar surface area (TPSA) is 94.4 Å². The van der Waals surface area contributed by atoms with E-state index in [4.69, 9.17) is 26.2 Å². The molecule has 0 unspecified atom stereocenters. The van der Waals surface area contributed by atoms with Crippen molar-refractivity contribution in [2.24, 2.45) is 4.99 Å². The lowest BCUT2D eigenvalue weighted by atomic mass is 10.1. The fraction of sp³-hybridized carbons (Fsp3) is 0.190. The van der Waals surface area contributed by atoms with Crippen LogP contribution in [0.3, 0.4) is 0 Å². The number of carbonyl (C=O) groups excluding carboxylic acids is 1. The molecular formula is C21H20ClNO6. The Hall–Kier alpha value is -3.32. The molecule has 0 aliphatic rings. The molecule has 152 valence electrons. The fourth-order valence-corrected chi connectivity index (χ4v) is 2.78. The number of hydrogen-bond acceptors (Lipinski definition) is 6. The minimum absolute atomic E-state index is 0.230. The monoisotopic (exact) mass is 417 g/mol. The van der Waals surface area contributed by atoms with E-state index < -0.39 is 18.5 Å². The van der Waals surface area contributed by atoms with Gasteiger partial charge in [-0.1, -0.05) is 17.7 Å². The summed E-state index contributed by atoms with van der Waals surface area (Å²) in [6, 6.07) is 8.21. The predicted molar refractivity (Wildman–Crippen MR) is 110 cm³/mol. The van der Waals surface area contributed by atoms with E-state index in [-0.39, 0.29) is 10.6 Å². The number of carbonyl (C=O) groups is 2. The van der Waals surface area contributed by atoms with E-state index in [0.717, 1.165) is 0 Å². The van der Waals surface area contributed by atoms with Crippen LogP contribution >= 0.6 is 11.6 Å². The van der Waals surface area contributed by atoms with Gasteiger partial charge in [-0.15, -0.1) is 6.58 Å². The van der Waals surface area contributed by atoms with E-state index >= 15 is 0 Å². The highest BCUT2D eigenvalue weighted by Gasteiger charge is 2.14. The van der Waals surface area contributed by atoms with Crippen LogP contribution in [0.15, 0.2) is 48.0 Å². The SMILES string of the molecule is C=CCc1cc(C=Nc2ccc(C(=O)OC)c(Cl)c2)cc(OC)c1OCC(=O)O. The van der Waals surface area contributed by atoms with Gasteiger partial charge in [-0.2, -0.15) is 0 Å². The maximum absolute atomic E-state index is 11.6. The number of carboxylic acids is 1. The summed E-state index contributed by atoms with van der Waals surface area (Å²) in [5, 5.41) is 9.10.